The van der Waals surface area contributed by atoms with E-state index >= 15 is 0 Å². The van der Waals surface area contributed by atoms with Crippen molar-refractivity contribution in [1.29, 1.82) is 0 Å². The number of nitrogens with one attached hydrogen (secondary N) is 2. The fourth-order valence-electron chi connectivity index (χ4n) is 9.85. The minimum absolute atomic E-state index is 0.00980. The number of carbonyl (C=O) groups excluding carboxylic acids is 5. The van der Waals surface area contributed by atoms with Crippen LogP contribution in [0.4, 0.5) is 5.69 Å². The van der Waals surface area contributed by atoms with Crippen LogP contribution in [0.3, 0.4) is 0 Å². The molecule has 3 aliphatic heterocycles. The average molecular weight is 1010 g/mol. The van der Waals surface area contributed by atoms with Crippen LogP contribution in [0.25, 0.3) is 22.2 Å². The number of esters is 1. The minimum atomic E-state index is -2.23. The van der Waals surface area contributed by atoms with Crippen LogP contribution >= 0.6 is 0 Å². The predicted molar refractivity (Wildman–Crippen MR) is 281 cm³/mol. The molecule has 3 fully saturated rings. The third-order valence-corrected chi connectivity index (χ3v) is 14.6. The number of benzene rings is 1. The number of morpholine rings is 1. The van der Waals surface area contributed by atoms with Crippen molar-refractivity contribution in [2.24, 2.45) is 11.3 Å². The number of hydrogen-bond donors (Lipinski definition) is 3. The zero-order valence-corrected chi connectivity index (χ0v) is 45.4. The summed E-state index contributed by atoms with van der Waals surface area (Å²) >= 11 is 0. The molecule has 18 nitrogen and oxygen atoms in total. The lowest BCUT2D eigenvalue weighted by Crippen LogP contribution is -2.67. The number of ether oxygens (including phenoxy) is 3. The molecule has 4 amide bonds. The largest absolute Gasteiger partial charge is 0.462 e. The second-order valence-corrected chi connectivity index (χ2v) is 21.6. The summed E-state index contributed by atoms with van der Waals surface area (Å²) in [6.45, 7) is 21.5. The van der Waals surface area contributed by atoms with Crippen molar-refractivity contribution in [3.63, 3.8) is 0 Å². The van der Waals surface area contributed by atoms with Gasteiger partial charge in [-0.3, -0.25) is 34.1 Å². The molecule has 3 aromatic rings. The maximum atomic E-state index is 14.2. The molecular weight excluding hydrogens is 931 g/mol. The van der Waals surface area contributed by atoms with E-state index in [1.165, 1.54) is 14.8 Å². The Kier molecular flexibility index (Phi) is 18.8. The molecule has 18 heteroatoms. The summed E-state index contributed by atoms with van der Waals surface area (Å²) in [5, 5.41) is 17.0. The summed E-state index contributed by atoms with van der Waals surface area (Å²) in [6, 6.07) is 8.61. The van der Waals surface area contributed by atoms with E-state index in [0.29, 0.717) is 52.1 Å². The first-order chi connectivity index (χ1) is 34.6. The molecule has 3 N–H and O–H groups in total. The summed E-state index contributed by atoms with van der Waals surface area (Å²) in [5.74, 6) is 2.57. The number of fused-ring (bicyclic) bond motifs is 1. The third kappa shape index (κ3) is 13.2. The van der Waals surface area contributed by atoms with E-state index in [4.69, 9.17) is 19.2 Å². The molecule has 3 aliphatic rings. The lowest BCUT2D eigenvalue weighted by molar-refractivity contribution is -0.189. The molecule has 0 aliphatic carbocycles. The number of rotatable bonds is 17. The summed E-state index contributed by atoms with van der Waals surface area (Å²) in [5.41, 5.74) is 5.36. The molecule has 73 heavy (non-hydrogen) atoms. The first kappa shape index (κ1) is 56.7. The van der Waals surface area contributed by atoms with Crippen LogP contribution in [-0.4, -0.2) is 168 Å². The zero-order valence-electron chi connectivity index (χ0n) is 45.4. The van der Waals surface area contributed by atoms with Crippen LogP contribution in [-0.2, 0) is 51.1 Å². The number of aryl methyl sites for hydroxylation is 1. The number of carbonyl (C=O) groups is 5. The molecular formula is C55H81N9O9. The van der Waals surface area contributed by atoms with Gasteiger partial charge in [0.2, 0.25) is 17.5 Å². The number of hydrogen-bond acceptors (Lipinski definition) is 13. The van der Waals surface area contributed by atoms with Crippen LogP contribution in [0.5, 0.6) is 0 Å². The Morgan fingerprint density at radius 2 is 1.71 bits per heavy atom. The third-order valence-electron chi connectivity index (χ3n) is 14.6. The summed E-state index contributed by atoms with van der Waals surface area (Å²) in [7, 11) is 5.43. The van der Waals surface area contributed by atoms with Crippen molar-refractivity contribution < 1.29 is 43.3 Å². The molecule has 400 valence electrons. The van der Waals surface area contributed by atoms with E-state index in [1.807, 2.05) is 73.5 Å². The molecule has 0 spiro atoms. The highest BCUT2D eigenvalue weighted by molar-refractivity contribution is 5.98. The number of hydrazine groups is 1. The van der Waals surface area contributed by atoms with Gasteiger partial charge in [-0.15, -0.1) is 0 Å². The molecule has 6 rings (SSSR count). The number of nitrogens with zero attached hydrogens (tertiary/aromatic N) is 7. The van der Waals surface area contributed by atoms with Gasteiger partial charge in [0.05, 0.1) is 42.9 Å². The Balaban J connectivity index is 1.16. The van der Waals surface area contributed by atoms with Gasteiger partial charge in [-0.05, 0) is 122 Å². The highest BCUT2D eigenvalue weighted by Gasteiger charge is 2.45. The fraction of sp³-hybridized carbons (Fsp3) is 0.636. The molecule has 3 saturated heterocycles. The normalized spacial score (nSPS) is 19.5. The van der Waals surface area contributed by atoms with Gasteiger partial charge < -0.3 is 43.9 Å². The van der Waals surface area contributed by atoms with Gasteiger partial charge in [0.1, 0.15) is 18.6 Å². The summed E-state index contributed by atoms with van der Waals surface area (Å²) in [6.07, 6.45) is 3.63. The second kappa shape index (κ2) is 24.2. The van der Waals surface area contributed by atoms with E-state index in [2.05, 4.69) is 63.2 Å². The van der Waals surface area contributed by atoms with Crippen molar-refractivity contribution in [1.82, 2.24) is 40.0 Å². The molecule has 2 aromatic heterocycles. The van der Waals surface area contributed by atoms with Crippen LogP contribution in [0.1, 0.15) is 112 Å². The first-order valence-corrected chi connectivity index (χ1v) is 26.1. The Hall–Kier alpha value is -5.58. The molecule has 1 aromatic carbocycles. The second-order valence-electron chi connectivity index (χ2n) is 21.6. The lowest BCUT2D eigenvalue weighted by Gasteiger charge is -2.40. The van der Waals surface area contributed by atoms with E-state index < -0.39 is 52.5 Å². The Morgan fingerprint density at radius 1 is 1.00 bits per heavy atom. The van der Waals surface area contributed by atoms with Gasteiger partial charge in [-0.1, -0.05) is 40.5 Å². The zero-order chi connectivity index (χ0) is 53.4. The van der Waals surface area contributed by atoms with E-state index in [0.717, 1.165) is 52.2 Å². The quantitative estimate of drug-likeness (QED) is 0.122. The molecule has 0 bridgehead atoms. The van der Waals surface area contributed by atoms with Crippen molar-refractivity contribution >= 4 is 46.2 Å². The standard InChI is InChI=1S/C55H81N9O9/c1-13-43(57-50(67)48(37(3)4)63-27-16-15-26-61(35-46(63)66)45(65)22-24-54(8,9)59(10)11)51(68)64-28-18-23-55(70,58-64)52(69)73-36-53(6,7)34-42-41-33-39(60-29-31-72-32-30-60)20-21-44(41)62(14-2)49(42)40-19-17-25-56-47(40)38(5)71-12/h17,19-21,25,33,37-38,43,48,58,70H,13-16,18,23,26-32,34-36H2,1-12H3,(H,57,67)/t38-,43-,48-,55?/m0/s1. The van der Waals surface area contributed by atoms with Gasteiger partial charge in [0.15, 0.2) is 0 Å². The monoisotopic (exact) mass is 1010 g/mol. The Morgan fingerprint density at radius 3 is 2.37 bits per heavy atom. The molecule has 4 atom stereocenters. The number of anilines is 1. The SMILES string of the molecule is CC[C@H](NC(=O)[C@H](C(C)C)N1CCCCN(C(=O)C#CC(C)(C)N(C)C)CC1=O)C(=O)N1CCCC(O)(C(=O)OCC(C)(C)Cc2c(-c3cccnc3[C@H](C)OC)n(CC)c3ccc(N4CCOCC4)cc23)N1. The number of pyridine rings is 1. The summed E-state index contributed by atoms with van der Waals surface area (Å²) in [4.78, 5) is 81.6. The van der Waals surface area contributed by atoms with Gasteiger partial charge in [0, 0.05) is 86.6 Å². The Labute approximate surface area is 432 Å². The number of amides is 4. The lowest BCUT2D eigenvalue weighted by atomic mass is 9.84. The number of aromatic nitrogens is 2. The predicted octanol–water partition coefficient (Wildman–Crippen LogP) is 4.91. The van der Waals surface area contributed by atoms with E-state index in [1.54, 1.807) is 20.2 Å². The number of methoxy groups -OCH3 is 1. The maximum Gasteiger partial charge on any atom is 0.355 e. The summed E-state index contributed by atoms with van der Waals surface area (Å²) < 4.78 is 19.8. The fourth-order valence-corrected chi connectivity index (χ4v) is 9.85. The van der Waals surface area contributed by atoms with Gasteiger partial charge in [-0.25, -0.2) is 4.79 Å². The molecule has 5 heterocycles. The smallest absolute Gasteiger partial charge is 0.355 e. The molecule has 1 unspecified atom stereocenters. The van der Waals surface area contributed by atoms with Crippen LogP contribution in [0.15, 0.2) is 36.5 Å². The number of aliphatic hydroxyl groups is 1. The molecule has 0 saturated carbocycles. The maximum absolute atomic E-state index is 14.2. The highest BCUT2D eigenvalue weighted by Crippen LogP contribution is 2.42. The minimum Gasteiger partial charge on any atom is -0.462 e. The van der Waals surface area contributed by atoms with E-state index in [-0.39, 0.29) is 56.9 Å². The highest BCUT2D eigenvalue weighted by atomic mass is 16.6. The van der Waals surface area contributed by atoms with Crippen molar-refractivity contribution in [2.75, 3.05) is 85.2 Å². The van der Waals surface area contributed by atoms with E-state index in [9.17, 15) is 29.1 Å². The van der Waals surface area contributed by atoms with Crippen LogP contribution in [0.2, 0.25) is 0 Å². The van der Waals surface area contributed by atoms with Gasteiger partial charge in [-0.2, -0.15) is 5.43 Å². The first-order valence-electron chi connectivity index (χ1n) is 26.1. The van der Waals surface area contributed by atoms with Crippen molar-refractivity contribution in [2.45, 2.75) is 137 Å². The average Bonchev–Trinajstić information content (AvgIpc) is 3.66. The van der Waals surface area contributed by atoms with Gasteiger partial charge in [0.25, 0.3) is 11.8 Å². The van der Waals surface area contributed by atoms with Crippen LogP contribution < -0.4 is 15.6 Å². The van der Waals surface area contributed by atoms with Crippen LogP contribution in [0, 0.1) is 23.2 Å². The van der Waals surface area contributed by atoms with Crippen molar-refractivity contribution in [3.05, 3.63) is 47.8 Å². The topological polar surface area (TPSA) is 191 Å². The van der Waals surface area contributed by atoms with Crippen molar-refractivity contribution in [3.8, 4) is 23.1 Å². The van der Waals surface area contributed by atoms with Gasteiger partial charge >= 0.3 is 5.97 Å². The Bertz CT molecular complexity index is 2520. The molecule has 0 radical (unpaired) electrons.